The zero-order valence-corrected chi connectivity index (χ0v) is 8.30. The topological polar surface area (TPSA) is 63.3 Å². The van der Waals surface area contributed by atoms with Gasteiger partial charge in [-0.1, -0.05) is 32.1 Å². The van der Waals surface area contributed by atoms with Crippen molar-refractivity contribution < 1.29 is 9.46 Å². The fourth-order valence-corrected chi connectivity index (χ4v) is 2.58. The van der Waals surface area contributed by atoms with E-state index < -0.39 is 7.52 Å². The molecule has 0 amide bonds. The molecular formula is C8H18NO2P. The van der Waals surface area contributed by atoms with E-state index in [0.717, 1.165) is 6.42 Å². The lowest BCUT2D eigenvalue weighted by Gasteiger charge is -2.21. The molecule has 0 heterocycles. The molecule has 1 saturated carbocycles. The Morgan fingerprint density at radius 3 is 2.42 bits per heavy atom. The van der Waals surface area contributed by atoms with Crippen LogP contribution in [0.25, 0.3) is 0 Å². The summed E-state index contributed by atoms with van der Waals surface area (Å²) in [5, 5.41) is 0. The summed E-state index contributed by atoms with van der Waals surface area (Å²) in [6, 6.07) is 0. The molecule has 3 N–H and O–H groups in total. The predicted octanol–water partition coefficient (Wildman–Crippen LogP) is 2.10. The lowest BCUT2D eigenvalue weighted by molar-refractivity contribution is 0.346. The van der Waals surface area contributed by atoms with Gasteiger partial charge in [-0.25, -0.2) is 0 Å². The maximum Gasteiger partial charge on any atom is 0.264 e. The van der Waals surface area contributed by atoms with Crippen LogP contribution in [0.1, 0.15) is 38.5 Å². The van der Waals surface area contributed by atoms with Crippen LogP contribution in [0.5, 0.6) is 0 Å². The Labute approximate surface area is 73.9 Å². The Hall–Kier alpha value is 0.150. The second-order valence-electron chi connectivity index (χ2n) is 3.77. The van der Waals surface area contributed by atoms with Gasteiger partial charge in [0.15, 0.2) is 0 Å². The molecule has 3 nitrogen and oxygen atoms in total. The lowest BCUT2D eigenvalue weighted by atomic mass is 9.88. The molecule has 0 aromatic rings. The molecule has 0 aromatic carbocycles. The molecule has 0 bridgehead atoms. The third-order valence-corrected chi connectivity index (χ3v) is 3.48. The zero-order valence-electron chi connectivity index (χ0n) is 7.41. The minimum absolute atomic E-state index is 0.303. The number of hydrogen-bond donors (Lipinski definition) is 2. The van der Waals surface area contributed by atoms with Crippen LogP contribution < -0.4 is 5.50 Å². The quantitative estimate of drug-likeness (QED) is 0.671. The smallest absolute Gasteiger partial charge is 0.264 e. The average molecular weight is 191 g/mol. The Balaban J connectivity index is 2.17. The van der Waals surface area contributed by atoms with Gasteiger partial charge in [0.05, 0.1) is 0 Å². The van der Waals surface area contributed by atoms with Crippen molar-refractivity contribution in [2.45, 2.75) is 38.5 Å². The van der Waals surface area contributed by atoms with Crippen molar-refractivity contribution in [3.8, 4) is 0 Å². The van der Waals surface area contributed by atoms with E-state index in [0.29, 0.717) is 12.1 Å². The van der Waals surface area contributed by atoms with Crippen LogP contribution >= 0.6 is 7.52 Å². The largest absolute Gasteiger partial charge is 0.333 e. The highest BCUT2D eigenvalue weighted by Crippen LogP contribution is 2.35. The van der Waals surface area contributed by atoms with Gasteiger partial charge < -0.3 is 4.89 Å². The van der Waals surface area contributed by atoms with E-state index in [9.17, 15) is 4.57 Å². The first-order valence-electron chi connectivity index (χ1n) is 4.68. The molecule has 0 saturated heterocycles. The summed E-state index contributed by atoms with van der Waals surface area (Å²) < 4.78 is 10.8. The van der Waals surface area contributed by atoms with Gasteiger partial charge in [0.1, 0.15) is 0 Å². The lowest BCUT2D eigenvalue weighted by Crippen LogP contribution is -2.10. The fourth-order valence-electron chi connectivity index (χ4n) is 1.84. The molecule has 1 atom stereocenters. The minimum atomic E-state index is -3.23. The maximum absolute atomic E-state index is 10.8. The van der Waals surface area contributed by atoms with E-state index in [-0.39, 0.29) is 0 Å². The third kappa shape index (κ3) is 4.24. The van der Waals surface area contributed by atoms with Crippen molar-refractivity contribution in [1.82, 2.24) is 0 Å². The molecule has 4 heteroatoms. The second-order valence-corrected chi connectivity index (χ2v) is 5.73. The van der Waals surface area contributed by atoms with Crippen LogP contribution in [0.2, 0.25) is 0 Å². The Morgan fingerprint density at radius 2 is 1.92 bits per heavy atom. The Morgan fingerprint density at radius 1 is 1.33 bits per heavy atom. The van der Waals surface area contributed by atoms with E-state index >= 15 is 0 Å². The molecule has 72 valence electrons. The molecule has 12 heavy (non-hydrogen) atoms. The second kappa shape index (κ2) is 4.40. The monoisotopic (exact) mass is 191 g/mol. The van der Waals surface area contributed by atoms with Crippen molar-refractivity contribution in [1.29, 1.82) is 0 Å². The highest BCUT2D eigenvalue weighted by atomic mass is 31.2. The number of nitrogens with two attached hydrogens (primary N) is 1. The molecule has 0 aliphatic heterocycles. The predicted molar refractivity (Wildman–Crippen MR) is 50.1 cm³/mol. The molecule has 0 aromatic heterocycles. The van der Waals surface area contributed by atoms with Gasteiger partial charge in [-0.2, -0.15) is 0 Å². The highest BCUT2D eigenvalue weighted by Gasteiger charge is 2.17. The van der Waals surface area contributed by atoms with Gasteiger partial charge in [0.2, 0.25) is 0 Å². The molecule has 0 spiro atoms. The van der Waals surface area contributed by atoms with Gasteiger partial charge in [-0.05, 0) is 12.3 Å². The summed E-state index contributed by atoms with van der Waals surface area (Å²) in [7, 11) is -3.23. The summed E-state index contributed by atoms with van der Waals surface area (Å²) in [4.78, 5) is 8.88. The van der Waals surface area contributed by atoms with Gasteiger partial charge in [0, 0.05) is 6.16 Å². The molecule has 0 radical (unpaired) electrons. The fraction of sp³-hybridized carbons (Fsp3) is 1.00. The van der Waals surface area contributed by atoms with Crippen LogP contribution in [0, 0.1) is 5.92 Å². The maximum atomic E-state index is 10.8. The van der Waals surface area contributed by atoms with E-state index in [2.05, 4.69) is 0 Å². The first-order chi connectivity index (χ1) is 5.58. The summed E-state index contributed by atoms with van der Waals surface area (Å²) in [5.74, 6) is 0.655. The third-order valence-electron chi connectivity index (χ3n) is 2.58. The molecule has 1 aliphatic carbocycles. The summed E-state index contributed by atoms with van der Waals surface area (Å²) in [6.45, 7) is 0. The first-order valence-corrected chi connectivity index (χ1v) is 6.60. The van der Waals surface area contributed by atoms with E-state index in [4.69, 9.17) is 10.4 Å². The van der Waals surface area contributed by atoms with Crippen molar-refractivity contribution >= 4 is 7.52 Å². The van der Waals surface area contributed by atoms with Crippen LogP contribution in [-0.2, 0) is 4.57 Å². The highest BCUT2D eigenvalue weighted by molar-refractivity contribution is 7.55. The van der Waals surface area contributed by atoms with E-state index in [1.807, 2.05) is 0 Å². The summed E-state index contributed by atoms with van der Waals surface area (Å²) >= 11 is 0. The van der Waals surface area contributed by atoms with Gasteiger partial charge >= 0.3 is 0 Å². The molecular weight excluding hydrogens is 173 g/mol. The Kier molecular flexibility index (Phi) is 3.76. The van der Waals surface area contributed by atoms with Crippen LogP contribution in [-0.4, -0.2) is 11.1 Å². The van der Waals surface area contributed by atoms with Crippen molar-refractivity contribution in [3.05, 3.63) is 0 Å². The van der Waals surface area contributed by atoms with Crippen LogP contribution in [0.4, 0.5) is 0 Å². The number of rotatable bonds is 3. The molecule has 1 aliphatic rings. The molecule has 1 fully saturated rings. The van der Waals surface area contributed by atoms with Crippen molar-refractivity contribution in [2.24, 2.45) is 11.4 Å². The standard InChI is InChI=1S/C8H18NO2P/c9-12(10,11)7-6-8-4-2-1-3-5-8/h8H,1-7H2,(H3,9,10,11). The van der Waals surface area contributed by atoms with Crippen molar-refractivity contribution in [3.63, 3.8) is 0 Å². The SMILES string of the molecule is NP(=O)(O)CCC1CCCCC1. The van der Waals surface area contributed by atoms with Crippen LogP contribution in [0.15, 0.2) is 0 Å². The first kappa shape index (κ1) is 10.2. The van der Waals surface area contributed by atoms with E-state index in [1.54, 1.807) is 0 Å². The summed E-state index contributed by atoms with van der Waals surface area (Å²) in [6.07, 6.45) is 7.48. The van der Waals surface area contributed by atoms with Gasteiger partial charge in [-0.3, -0.25) is 10.1 Å². The normalized spacial score (nSPS) is 25.2. The van der Waals surface area contributed by atoms with Gasteiger partial charge in [-0.15, -0.1) is 0 Å². The zero-order chi connectivity index (χ0) is 9.03. The van der Waals surface area contributed by atoms with E-state index in [1.165, 1.54) is 32.1 Å². The summed E-state index contributed by atoms with van der Waals surface area (Å²) in [5.41, 5.74) is 5.06. The molecule has 1 rings (SSSR count). The Bertz CT molecular complexity index is 172. The number of hydrogen-bond acceptors (Lipinski definition) is 1. The minimum Gasteiger partial charge on any atom is -0.333 e. The molecule has 1 unspecified atom stereocenters. The van der Waals surface area contributed by atoms with Crippen molar-refractivity contribution in [2.75, 3.05) is 6.16 Å². The average Bonchev–Trinajstić information content (AvgIpc) is 2.02. The van der Waals surface area contributed by atoms with Gasteiger partial charge in [0.25, 0.3) is 7.52 Å². The van der Waals surface area contributed by atoms with Crippen LogP contribution in [0.3, 0.4) is 0 Å².